The summed E-state index contributed by atoms with van der Waals surface area (Å²) in [6, 6.07) is 10.9. The van der Waals surface area contributed by atoms with Crippen LogP contribution in [0.5, 0.6) is 0 Å². The molecule has 0 unspecified atom stereocenters. The first-order valence-electron chi connectivity index (χ1n) is 7.58. The molecule has 1 amide bonds. The molecule has 0 aliphatic heterocycles. The molecule has 0 radical (unpaired) electrons. The van der Waals surface area contributed by atoms with Gasteiger partial charge >= 0.3 is 0 Å². The van der Waals surface area contributed by atoms with Crippen LogP contribution < -0.4 is 5.32 Å². The van der Waals surface area contributed by atoms with Crippen LogP contribution in [0.4, 0.5) is 8.78 Å². The molecule has 0 bridgehead atoms. The summed E-state index contributed by atoms with van der Waals surface area (Å²) in [5, 5.41) is 3.20. The van der Waals surface area contributed by atoms with E-state index in [-0.39, 0.29) is 23.3 Å². The van der Waals surface area contributed by atoms with E-state index in [0.29, 0.717) is 22.9 Å². The van der Waals surface area contributed by atoms with E-state index in [1.807, 2.05) is 0 Å². The average Bonchev–Trinajstić information content (AvgIpc) is 2.56. The highest BCUT2D eigenvalue weighted by Crippen LogP contribution is 2.23. The molecule has 6 heteroatoms. The van der Waals surface area contributed by atoms with Gasteiger partial charge in [0.1, 0.15) is 11.6 Å². The first kappa shape index (κ1) is 18.7. The van der Waals surface area contributed by atoms with Crippen LogP contribution in [0.2, 0.25) is 5.02 Å². The van der Waals surface area contributed by atoms with Gasteiger partial charge in [0.15, 0.2) is 0 Å². The third kappa shape index (κ3) is 6.13. The number of amides is 1. The maximum absolute atomic E-state index is 13.6. The van der Waals surface area contributed by atoms with Gasteiger partial charge < -0.3 is 5.32 Å². The molecule has 0 aromatic heterocycles. The quantitative estimate of drug-likeness (QED) is 0.689. The van der Waals surface area contributed by atoms with E-state index < -0.39 is 0 Å². The van der Waals surface area contributed by atoms with Crippen LogP contribution in [0.1, 0.15) is 17.5 Å². The summed E-state index contributed by atoms with van der Waals surface area (Å²) in [5.74, 6) is -0.0873. The Balaban J connectivity index is 1.62. The van der Waals surface area contributed by atoms with Crippen LogP contribution in [-0.4, -0.2) is 18.2 Å². The van der Waals surface area contributed by atoms with Crippen LogP contribution in [0.3, 0.4) is 0 Å². The molecule has 0 spiro atoms. The Labute approximate surface area is 149 Å². The van der Waals surface area contributed by atoms with Crippen molar-refractivity contribution in [1.29, 1.82) is 0 Å². The molecule has 2 aromatic rings. The van der Waals surface area contributed by atoms with Crippen molar-refractivity contribution in [2.24, 2.45) is 0 Å². The molecule has 24 heavy (non-hydrogen) atoms. The third-order valence-electron chi connectivity index (χ3n) is 3.42. The lowest BCUT2D eigenvalue weighted by Gasteiger charge is -2.07. The highest BCUT2D eigenvalue weighted by molar-refractivity contribution is 7.99. The van der Waals surface area contributed by atoms with Crippen LogP contribution in [0.15, 0.2) is 42.5 Å². The first-order chi connectivity index (χ1) is 11.6. The van der Waals surface area contributed by atoms with E-state index in [1.165, 1.54) is 30.0 Å². The van der Waals surface area contributed by atoms with Crippen LogP contribution in [0.25, 0.3) is 0 Å². The molecule has 0 saturated heterocycles. The van der Waals surface area contributed by atoms with Gasteiger partial charge in [-0.2, -0.15) is 0 Å². The second kappa shape index (κ2) is 9.64. The maximum Gasteiger partial charge on any atom is 0.230 e. The number of aryl methyl sites for hydroxylation is 1. The number of hydrogen-bond donors (Lipinski definition) is 1. The lowest BCUT2D eigenvalue weighted by Crippen LogP contribution is -2.26. The number of hydrogen-bond acceptors (Lipinski definition) is 2. The molecule has 0 atom stereocenters. The van der Waals surface area contributed by atoms with Crippen LogP contribution >= 0.6 is 23.4 Å². The Morgan fingerprint density at radius 1 is 1.12 bits per heavy atom. The smallest absolute Gasteiger partial charge is 0.230 e. The van der Waals surface area contributed by atoms with Crippen molar-refractivity contribution in [3.05, 3.63) is 70.2 Å². The molecular formula is C18H18ClF2NOS. The predicted molar refractivity (Wildman–Crippen MR) is 95.3 cm³/mol. The summed E-state index contributed by atoms with van der Waals surface area (Å²) in [6.07, 6.45) is 1.56. The summed E-state index contributed by atoms with van der Waals surface area (Å²) in [4.78, 5) is 11.8. The minimum Gasteiger partial charge on any atom is -0.355 e. The lowest BCUT2D eigenvalue weighted by atomic mass is 10.1. The molecule has 128 valence electrons. The van der Waals surface area contributed by atoms with Crippen molar-refractivity contribution in [1.82, 2.24) is 5.32 Å². The number of thioether (sulfide) groups is 1. The Hall–Kier alpha value is -1.59. The number of benzene rings is 2. The van der Waals surface area contributed by atoms with Crippen molar-refractivity contribution in [2.45, 2.75) is 18.6 Å². The number of nitrogens with one attached hydrogen (secondary N) is 1. The minimum absolute atomic E-state index is 0.0911. The second-order valence-electron chi connectivity index (χ2n) is 5.27. The summed E-state index contributed by atoms with van der Waals surface area (Å²) in [6.45, 7) is 0.553. The number of halogens is 3. The fraction of sp³-hybridized carbons (Fsp3) is 0.278. The van der Waals surface area contributed by atoms with Crippen molar-refractivity contribution >= 4 is 29.3 Å². The highest BCUT2D eigenvalue weighted by atomic mass is 35.5. The van der Waals surface area contributed by atoms with Crippen LogP contribution in [0, 0.1) is 11.6 Å². The molecule has 2 aromatic carbocycles. The molecule has 2 nitrogen and oxygen atoms in total. The monoisotopic (exact) mass is 369 g/mol. The van der Waals surface area contributed by atoms with Gasteiger partial charge in [0, 0.05) is 22.9 Å². The largest absolute Gasteiger partial charge is 0.355 e. The topological polar surface area (TPSA) is 29.1 Å². The summed E-state index contributed by atoms with van der Waals surface area (Å²) in [7, 11) is 0. The van der Waals surface area contributed by atoms with Gasteiger partial charge in [-0.25, -0.2) is 8.78 Å². The summed E-state index contributed by atoms with van der Waals surface area (Å²) in [5.41, 5.74) is 1.46. The Morgan fingerprint density at radius 3 is 2.58 bits per heavy atom. The Bertz CT molecular complexity index is 659. The van der Waals surface area contributed by atoms with E-state index in [4.69, 9.17) is 11.6 Å². The highest BCUT2D eigenvalue weighted by Gasteiger charge is 2.08. The van der Waals surface area contributed by atoms with Gasteiger partial charge in [0.2, 0.25) is 5.91 Å². The molecule has 0 heterocycles. The van der Waals surface area contributed by atoms with E-state index in [9.17, 15) is 13.6 Å². The second-order valence-corrected chi connectivity index (χ2v) is 6.67. The maximum atomic E-state index is 13.6. The normalized spacial score (nSPS) is 10.6. The van der Waals surface area contributed by atoms with E-state index in [2.05, 4.69) is 5.32 Å². The van der Waals surface area contributed by atoms with Crippen LogP contribution in [-0.2, 0) is 17.0 Å². The Morgan fingerprint density at radius 2 is 1.88 bits per heavy atom. The molecule has 1 N–H and O–H groups in total. The molecule has 0 saturated carbocycles. The summed E-state index contributed by atoms with van der Waals surface area (Å²) < 4.78 is 26.4. The average molecular weight is 370 g/mol. The zero-order chi connectivity index (χ0) is 17.4. The third-order valence-corrected chi connectivity index (χ3v) is 4.73. The van der Waals surface area contributed by atoms with E-state index in [0.717, 1.165) is 18.4 Å². The standard InChI is InChI=1S/C18H18ClF2NOS/c19-16-4-1-5-17(21)15(16)11-24-12-18(23)22-10-2-3-13-6-8-14(20)9-7-13/h1,4-9H,2-3,10-12H2,(H,22,23). The molecule has 0 aliphatic rings. The SMILES string of the molecule is O=C(CSCc1c(F)cccc1Cl)NCCCc1ccc(F)cc1. The minimum atomic E-state index is -0.352. The van der Waals surface area contributed by atoms with Gasteiger partial charge in [-0.1, -0.05) is 29.8 Å². The molecule has 0 aliphatic carbocycles. The zero-order valence-electron chi connectivity index (χ0n) is 13.0. The fourth-order valence-corrected chi connectivity index (χ4v) is 3.33. The van der Waals surface area contributed by atoms with Crippen molar-refractivity contribution < 1.29 is 13.6 Å². The fourth-order valence-electron chi connectivity index (χ4n) is 2.14. The van der Waals surface area contributed by atoms with Gasteiger partial charge in [0.05, 0.1) is 5.75 Å². The summed E-state index contributed by atoms with van der Waals surface area (Å²) >= 11 is 7.26. The molecular weight excluding hydrogens is 352 g/mol. The first-order valence-corrected chi connectivity index (χ1v) is 9.11. The van der Waals surface area contributed by atoms with Gasteiger partial charge in [0.25, 0.3) is 0 Å². The van der Waals surface area contributed by atoms with Gasteiger partial charge in [-0.05, 0) is 42.7 Å². The number of carbonyl (C=O) groups excluding carboxylic acids is 1. The lowest BCUT2D eigenvalue weighted by molar-refractivity contribution is -0.118. The molecule has 2 rings (SSSR count). The molecule has 0 fully saturated rings. The predicted octanol–water partition coefficient (Wildman–Crippen LogP) is 4.60. The Kier molecular flexibility index (Phi) is 7.53. The van der Waals surface area contributed by atoms with Crippen molar-refractivity contribution in [2.75, 3.05) is 12.3 Å². The van der Waals surface area contributed by atoms with Crippen molar-refractivity contribution in [3.8, 4) is 0 Å². The van der Waals surface area contributed by atoms with Crippen molar-refractivity contribution in [3.63, 3.8) is 0 Å². The number of carbonyl (C=O) groups is 1. The number of rotatable bonds is 8. The van der Waals surface area contributed by atoms with Gasteiger partial charge in [-0.3, -0.25) is 4.79 Å². The van der Waals surface area contributed by atoms with E-state index in [1.54, 1.807) is 24.3 Å². The zero-order valence-corrected chi connectivity index (χ0v) is 14.6. The van der Waals surface area contributed by atoms with E-state index >= 15 is 0 Å². The van der Waals surface area contributed by atoms with Gasteiger partial charge in [-0.15, -0.1) is 11.8 Å².